The van der Waals surface area contributed by atoms with Gasteiger partial charge in [-0.15, -0.1) is 0 Å². The summed E-state index contributed by atoms with van der Waals surface area (Å²) in [6, 6.07) is 6.08. The lowest BCUT2D eigenvalue weighted by Gasteiger charge is -2.41. The number of hydrogen-bond acceptors (Lipinski definition) is 2. The van der Waals surface area contributed by atoms with Gasteiger partial charge in [0.05, 0.1) is 0 Å². The summed E-state index contributed by atoms with van der Waals surface area (Å²) >= 11 is 7.12. The van der Waals surface area contributed by atoms with Crippen molar-refractivity contribution in [2.75, 3.05) is 6.61 Å². The van der Waals surface area contributed by atoms with Crippen LogP contribution in [0.3, 0.4) is 0 Å². The van der Waals surface area contributed by atoms with Gasteiger partial charge >= 0.3 is 0 Å². The summed E-state index contributed by atoms with van der Waals surface area (Å²) in [5.41, 5.74) is 1.19. The molecule has 1 aromatic carbocycles. The average Bonchev–Trinajstić information content (AvgIpc) is 2.33. The van der Waals surface area contributed by atoms with E-state index in [1.165, 1.54) is 5.56 Å². The number of aryl methyl sites for hydroxylation is 1. The number of alkyl halides is 1. The zero-order chi connectivity index (χ0) is 13.1. The van der Waals surface area contributed by atoms with E-state index >= 15 is 0 Å². The van der Waals surface area contributed by atoms with E-state index < -0.39 is 0 Å². The summed E-state index contributed by atoms with van der Waals surface area (Å²) in [4.78, 5) is 0.422. The molecule has 0 bridgehead atoms. The van der Waals surface area contributed by atoms with Gasteiger partial charge in [-0.3, -0.25) is 0 Å². The lowest BCUT2D eigenvalue weighted by atomic mass is 9.91. The summed E-state index contributed by atoms with van der Waals surface area (Å²) in [6.07, 6.45) is 2.39. The summed E-state index contributed by atoms with van der Waals surface area (Å²) in [6.45, 7) is 4.98. The van der Waals surface area contributed by atoms with Crippen molar-refractivity contribution >= 4 is 31.9 Å². The Morgan fingerprint density at radius 1 is 1.39 bits per heavy atom. The summed E-state index contributed by atoms with van der Waals surface area (Å²) in [5.74, 6) is 0.921. The monoisotopic (exact) mass is 376 g/mol. The maximum Gasteiger partial charge on any atom is 0.127 e. The Hall–Kier alpha value is -0.0600. The van der Waals surface area contributed by atoms with E-state index in [1.807, 2.05) is 12.1 Å². The Morgan fingerprint density at radius 2 is 2.17 bits per heavy atom. The minimum Gasteiger partial charge on any atom is -0.488 e. The SMILES string of the molecule is CCCOC1C(Br)CC1Oc1ccc(Br)c(C)c1. The van der Waals surface area contributed by atoms with Crippen LogP contribution in [0.4, 0.5) is 0 Å². The number of halogens is 2. The molecule has 1 aromatic rings. The van der Waals surface area contributed by atoms with Crippen LogP contribution in [0.15, 0.2) is 22.7 Å². The van der Waals surface area contributed by atoms with Crippen LogP contribution in [0, 0.1) is 6.92 Å². The van der Waals surface area contributed by atoms with Crippen molar-refractivity contribution in [2.24, 2.45) is 0 Å². The largest absolute Gasteiger partial charge is 0.488 e. The molecule has 0 heterocycles. The van der Waals surface area contributed by atoms with Gasteiger partial charge in [0.2, 0.25) is 0 Å². The summed E-state index contributed by atoms with van der Waals surface area (Å²) < 4.78 is 12.9. The second-order valence-corrected chi connectivity index (χ2v) is 6.68. The highest BCUT2D eigenvalue weighted by Gasteiger charge is 2.42. The van der Waals surface area contributed by atoms with E-state index in [4.69, 9.17) is 9.47 Å². The first-order valence-corrected chi connectivity index (χ1v) is 8.01. The van der Waals surface area contributed by atoms with Crippen molar-refractivity contribution < 1.29 is 9.47 Å². The van der Waals surface area contributed by atoms with E-state index in [9.17, 15) is 0 Å². The minimum atomic E-state index is 0.168. The molecule has 0 radical (unpaired) electrons. The van der Waals surface area contributed by atoms with Crippen LogP contribution in [0.1, 0.15) is 25.3 Å². The van der Waals surface area contributed by atoms with Crippen molar-refractivity contribution in [3.05, 3.63) is 28.2 Å². The van der Waals surface area contributed by atoms with Crippen molar-refractivity contribution in [1.82, 2.24) is 0 Å². The van der Waals surface area contributed by atoms with Crippen LogP contribution in [0.2, 0.25) is 0 Å². The third-order valence-corrected chi connectivity index (χ3v) is 4.90. The lowest BCUT2D eigenvalue weighted by Crippen LogP contribution is -2.52. The molecule has 3 unspecified atom stereocenters. The fraction of sp³-hybridized carbons (Fsp3) is 0.571. The van der Waals surface area contributed by atoms with Crippen LogP contribution in [-0.2, 0) is 4.74 Å². The molecular weight excluding hydrogens is 360 g/mol. The normalized spacial score (nSPS) is 26.8. The van der Waals surface area contributed by atoms with Crippen LogP contribution < -0.4 is 4.74 Å². The minimum absolute atomic E-state index is 0.168. The molecule has 18 heavy (non-hydrogen) atoms. The van der Waals surface area contributed by atoms with Gasteiger partial charge in [0.25, 0.3) is 0 Å². The number of ether oxygens (including phenoxy) is 2. The Bertz CT molecular complexity index is 409. The van der Waals surface area contributed by atoms with E-state index in [0.717, 1.165) is 29.7 Å². The molecule has 3 atom stereocenters. The maximum absolute atomic E-state index is 5.99. The molecule has 1 aliphatic carbocycles. The molecule has 2 rings (SSSR count). The van der Waals surface area contributed by atoms with Gasteiger partial charge in [-0.2, -0.15) is 0 Å². The van der Waals surface area contributed by atoms with Gasteiger partial charge in [0.1, 0.15) is 18.0 Å². The summed E-state index contributed by atoms with van der Waals surface area (Å²) in [7, 11) is 0. The first kappa shape index (κ1) is 14.4. The molecule has 4 heteroatoms. The van der Waals surface area contributed by atoms with Gasteiger partial charge in [0.15, 0.2) is 0 Å². The highest BCUT2D eigenvalue weighted by Crippen LogP contribution is 2.35. The molecule has 1 saturated carbocycles. The van der Waals surface area contributed by atoms with Gasteiger partial charge in [-0.05, 0) is 37.1 Å². The average molecular weight is 378 g/mol. The van der Waals surface area contributed by atoms with E-state index in [2.05, 4.69) is 51.8 Å². The topological polar surface area (TPSA) is 18.5 Å². The molecule has 0 saturated heterocycles. The molecule has 100 valence electrons. The Kier molecular flexibility index (Phi) is 5.10. The molecule has 1 fully saturated rings. The second kappa shape index (κ2) is 6.40. The predicted molar refractivity (Wildman–Crippen MR) is 80.7 cm³/mol. The first-order valence-electron chi connectivity index (χ1n) is 6.30. The molecule has 1 aliphatic rings. The van der Waals surface area contributed by atoms with Crippen molar-refractivity contribution in [1.29, 1.82) is 0 Å². The number of benzene rings is 1. The second-order valence-electron chi connectivity index (χ2n) is 4.65. The lowest BCUT2D eigenvalue weighted by molar-refractivity contribution is -0.0762. The van der Waals surface area contributed by atoms with Crippen molar-refractivity contribution in [3.8, 4) is 5.75 Å². The molecule has 0 spiro atoms. The molecule has 2 nitrogen and oxygen atoms in total. The smallest absolute Gasteiger partial charge is 0.127 e. The van der Waals surface area contributed by atoms with Crippen LogP contribution in [0.5, 0.6) is 5.75 Å². The fourth-order valence-corrected chi connectivity index (χ4v) is 3.08. The highest BCUT2D eigenvalue weighted by molar-refractivity contribution is 9.10. The third-order valence-electron chi connectivity index (χ3n) is 3.11. The van der Waals surface area contributed by atoms with E-state index in [0.29, 0.717) is 4.83 Å². The van der Waals surface area contributed by atoms with Crippen LogP contribution in [-0.4, -0.2) is 23.6 Å². The van der Waals surface area contributed by atoms with E-state index in [1.54, 1.807) is 0 Å². The van der Waals surface area contributed by atoms with Crippen LogP contribution >= 0.6 is 31.9 Å². The standard InChI is InChI=1S/C14H18Br2O2/c1-3-6-17-14-12(16)8-13(14)18-10-4-5-11(15)9(2)7-10/h4-5,7,12-14H,3,6,8H2,1-2H3. The molecule has 0 N–H and O–H groups in total. The van der Waals surface area contributed by atoms with Gasteiger partial charge in [-0.25, -0.2) is 0 Å². The zero-order valence-electron chi connectivity index (χ0n) is 10.7. The highest BCUT2D eigenvalue weighted by atomic mass is 79.9. The summed E-state index contributed by atoms with van der Waals surface area (Å²) in [5, 5.41) is 0. The van der Waals surface area contributed by atoms with Crippen molar-refractivity contribution in [2.45, 2.75) is 43.7 Å². The molecular formula is C14H18Br2O2. The molecule has 0 amide bonds. The van der Waals surface area contributed by atoms with Crippen molar-refractivity contribution in [3.63, 3.8) is 0 Å². The fourth-order valence-electron chi connectivity index (χ4n) is 1.97. The van der Waals surface area contributed by atoms with Gasteiger partial charge < -0.3 is 9.47 Å². The Labute approximate surface area is 125 Å². The van der Waals surface area contributed by atoms with Crippen LogP contribution in [0.25, 0.3) is 0 Å². The maximum atomic E-state index is 5.99. The first-order chi connectivity index (χ1) is 8.61. The Morgan fingerprint density at radius 3 is 2.78 bits per heavy atom. The molecule has 0 aromatic heterocycles. The zero-order valence-corrected chi connectivity index (χ0v) is 13.8. The quantitative estimate of drug-likeness (QED) is 0.705. The number of rotatable bonds is 5. The third kappa shape index (κ3) is 3.28. The molecule has 0 aliphatic heterocycles. The van der Waals surface area contributed by atoms with E-state index in [-0.39, 0.29) is 12.2 Å². The predicted octanol–water partition coefficient (Wildman–Crippen LogP) is 4.47. The number of hydrogen-bond donors (Lipinski definition) is 0. The van der Waals surface area contributed by atoms with Gasteiger partial charge in [0, 0.05) is 22.3 Å². The Balaban J connectivity index is 1.94. The van der Waals surface area contributed by atoms with Gasteiger partial charge in [-0.1, -0.05) is 38.8 Å².